The number of hydrogen-bond acceptors (Lipinski definition) is 4. The van der Waals surface area contributed by atoms with Gasteiger partial charge in [-0.25, -0.2) is 13.2 Å². The molecule has 0 aliphatic carbocycles. The molecule has 7 heteroatoms. The highest BCUT2D eigenvalue weighted by atomic mass is 35.5. The largest absolute Gasteiger partial charge is 0.462 e. The van der Waals surface area contributed by atoms with Gasteiger partial charge in [0.1, 0.15) is 0 Å². The van der Waals surface area contributed by atoms with Gasteiger partial charge in [-0.05, 0) is 37.3 Å². The van der Waals surface area contributed by atoms with E-state index in [2.05, 4.69) is 4.72 Å². The number of ether oxygens (including phenoxy) is 1. The van der Waals surface area contributed by atoms with Crippen molar-refractivity contribution in [3.8, 4) is 0 Å². The molecule has 5 nitrogen and oxygen atoms in total. The van der Waals surface area contributed by atoms with E-state index in [1.807, 2.05) is 0 Å². The van der Waals surface area contributed by atoms with Crippen LogP contribution in [0.25, 0.3) is 0 Å². The SMILES string of the molecule is CCOC(=O)c1ccc(NS(=O)(=O)c2ccccc2)cc1Cl. The first-order valence-corrected chi connectivity index (χ1v) is 8.34. The number of hydrogen-bond donors (Lipinski definition) is 1. The number of carbonyl (C=O) groups excluding carboxylic acids is 1. The molecule has 0 aliphatic rings. The maximum Gasteiger partial charge on any atom is 0.339 e. The lowest BCUT2D eigenvalue weighted by Gasteiger charge is -2.10. The Bertz CT molecular complexity index is 775. The smallest absolute Gasteiger partial charge is 0.339 e. The normalized spacial score (nSPS) is 11.0. The van der Waals surface area contributed by atoms with Crippen molar-refractivity contribution < 1.29 is 17.9 Å². The molecular formula is C15H14ClNO4S. The third kappa shape index (κ3) is 3.78. The summed E-state index contributed by atoms with van der Waals surface area (Å²) >= 11 is 6.00. The lowest BCUT2D eigenvalue weighted by molar-refractivity contribution is 0.0526. The molecular weight excluding hydrogens is 326 g/mol. The van der Waals surface area contributed by atoms with Crippen LogP contribution in [0.2, 0.25) is 5.02 Å². The Balaban J connectivity index is 2.25. The topological polar surface area (TPSA) is 72.5 Å². The summed E-state index contributed by atoms with van der Waals surface area (Å²) < 4.78 is 31.6. The number of carbonyl (C=O) groups is 1. The summed E-state index contributed by atoms with van der Waals surface area (Å²) in [6.07, 6.45) is 0. The summed E-state index contributed by atoms with van der Waals surface area (Å²) in [5.41, 5.74) is 0.452. The quantitative estimate of drug-likeness (QED) is 0.848. The standard InChI is InChI=1S/C15H14ClNO4S/c1-2-21-15(18)13-9-8-11(10-14(13)16)17-22(19,20)12-6-4-3-5-7-12/h3-10,17H,2H2,1H3. The van der Waals surface area contributed by atoms with Crippen molar-refractivity contribution in [2.45, 2.75) is 11.8 Å². The van der Waals surface area contributed by atoms with Crippen LogP contribution in [0.15, 0.2) is 53.4 Å². The number of esters is 1. The fraction of sp³-hybridized carbons (Fsp3) is 0.133. The van der Waals surface area contributed by atoms with Gasteiger partial charge in [-0.3, -0.25) is 4.72 Å². The van der Waals surface area contributed by atoms with Gasteiger partial charge in [-0.15, -0.1) is 0 Å². The molecule has 1 N–H and O–H groups in total. The summed E-state index contributed by atoms with van der Waals surface area (Å²) in [5.74, 6) is -0.551. The maximum absolute atomic E-state index is 12.2. The van der Waals surface area contributed by atoms with Crippen LogP contribution in [0.3, 0.4) is 0 Å². The molecule has 0 heterocycles. The molecule has 2 aromatic carbocycles. The Morgan fingerprint density at radius 1 is 1.18 bits per heavy atom. The highest BCUT2D eigenvalue weighted by Gasteiger charge is 2.16. The predicted octanol–water partition coefficient (Wildman–Crippen LogP) is 3.32. The second kappa shape index (κ2) is 6.81. The van der Waals surface area contributed by atoms with Crippen LogP contribution in [-0.2, 0) is 14.8 Å². The van der Waals surface area contributed by atoms with Crippen molar-refractivity contribution in [3.63, 3.8) is 0 Å². The Hall–Kier alpha value is -2.05. The highest BCUT2D eigenvalue weighted by molar-refractivity contribution is 7.92. The van der Waals surface area contributed by atoms with E-state index in [-0.39, 0.29) is 27.8 Å². The molecule has 0 saturated carbocycles. The van der Waals surface area contributed by atoms with Crippen molar-refractivity contribution in [3.05, 3.63) is 59.1 Å². The average Bonchev–Trinajstić information content (AvgIpc) is 2.48. The van der Waals surface area contributed by atoms with E-state index in [1.165, 1.54) is 30.3 Å². The lowest BCUT2D eigenvalue weighted by atomic mass is 10.2. The van der Waals surface area contributed by atoms with Crippen LogP contribution in [0.4, 0.5) is 5.69 Å². The van der Waals surface area contributed by atoms with E-state index in [9.17, 15) is 13.2 Å². The van der Waals surface area contributed by atoms with Crippen molar-refractivity contribution in [1.82, 2.24) is 0 Å². The van der Waals surface area contributed by atoms with Crippen LogP contribution < -0.4 is 4.72 Å². The highest BCUT2D eigenvalue weighted by Crippen LogP contribution is 2.24. The molecule has 2 aromatic rings. The van der Waals surface area contributed by atoms with Crippen molar-refractivity contribution in [1.29, 1.82) is 0 Å². The van der Waals surface area contributed by atoms with E-state index >= 15 is 0 Å². The van der Waals surface area contributed by atoms with Gasteiger partial charge in [0.05, 0.1) is 27.8 Å². The molecule has 0 amide bonds. The summed E-state index contributed by atoms with van der Waals surface area (Å²) in [6, 6.07) is 12.2. The van der Waals surface area contributed by atoms with Crippen molar-refractivity contribution >= 4 is 33.3 Å². The van der Waals surface area contributed by atoms with E-state index in [4.69, 9.17) is 16.3 Å². The number of anilines is 1. The minimum absolute atomic E-state index is 0.117. The fourth-order valence-electron chi connectivity index (χ4n) is 1.77. The summed E-state index contributed by atoms with van der Waals surface area (Å²) in [5, 5.41) is 0.117. The predicted molar refractivity (Wildman–Crippen MR) is 84.7 cm³/mol. The van der Waals surface area contributed by atoms with Crippen LogP contribution in [0.1, 0.15) is 17.3 Å². The third-order valence-corrected chi connectivity index (χ3v) is 4.48. The summed E-state index contributed by atoms with van der Waals surface area (Å²) in [6.45, 7) is 1.92. The number of rotatable bonds is 5. The fourth-order valence-corrected chi connectivity index (χ4v) is 3.09. The average molecular weight is 340 g/mol. The Labute approximate surface area is 133 Å². The van der Waals surface area contributed by atoms with Gasteiger partial charge in [-0.1, -0.05) is 29.8 Å². The third-order valence-electron chi connectivity index (χ3n) is 2.77. The van der Waals surface area contributed by atoms with Crippen LogP contribution in [0.5, 0.6) is 0 Å². The number of nitrogens with one attached hydrogen (secondary N) is 1. The van der Waals surface area contributed by atoms with Crippen LogP contribution in [0, 0.1) is 0 Å². The first-order chi connectivity index (χ1) is 10.4. The van der Waals surface area contributed by atoms with Crippen molar-refractivity contribution in [2.24, 2.45) is 0 Å². The molecule has 0 aromatic heterocycles. The molecule has 0 atom stereocenters. The lowest BCUT2D eigenvalue weighted by Crippen LogP contribution is -2.13. The van der Waals surface area contributed by atoms with E-state index in [0.29, 0.717) is 0 Å². The second-order valence-corrected chi connectivity index (χ2v) is 6.42. The van der Waals surface area contributed by atoms with Gasteiger partial charge in [0.25, 0.3) is 10.0 Å². The molecule has 22 heavy (non-hydrogen) atoms. The Morgan fingerprint density at radius 3 is 2.45 bits per heavy atom. The number of benzene rings is 2. The van der Waals surface area contributed by atoms with Gasteiger partial charge in [-0.2, -0.15) is 0 Å². The minimum atomic E-state index is -3.70. The van der Waals surface area contributed by atoms with Crippen LogP contribution in [-0.4, -0.2) is 21.0 Å². The molecule has 0 radical (unpaired) electrons. The molecule has 116 valence electrons. The summed E-state index contributed by atoms with van der Waals surface area (Å²) in [4.78, 5) is 11.8. The molecule has 0 spiro atoms. The monoisotopic (exact) mass is 339 g/mol. The van der Waals surface area contributed by atoms with Gasteiger partial charge in [0.15, 0.2) is 0 Å². The second-order valence-electron chi connectivity index (χ2n) is 4.33. The van der Waals surface area contributed by atoms with Crippen molar-refractivity contribution in [2.75, 3.05) is 11.3 Å². The van der Waals surface area contributed by atoms with E-state index in [0.717, 1.165) is 0 Å². The molecule has 0 unspecified atom stereocenters. The minimum Gasteiger partial charge on any atom is -0.462 e. The van der Waals surface area contributed by atoms with Gasteiger partial charge in [0, 0.05) is 0 Å². The Morgan fingerprint density at radius 2 is 1.86 bits per heavy atom. The number of sulfonamides is 1. The number of halogens is 1. The molecule has 0 aliphatic heterocycles. The maximum atomic E-state index is 12.2. The zero-order chi connectivity index (χ0) is 16.2. The zero-order valence-electron chi connectivity index (χ0n) is 11.7. The molecule has 2 rings (SSSR count). The molecule has 0 bridgehead atoms. The molecule has 0 saturated heterocycles. The van der Waals surface area contributed by atoms with Crippen LogP contribution >= 0.6 is 11.6 Å². The van der Waals surface area contributed by atoms with Gasteiger partial charge < -0.3 is 4.74 Å². The summed E-state index contributed by atoms with van der Waals surface area (Å²) in [7, 11) is -3.70. The first kappa shape index (κ1) is 16.3. The van der Waals surface area contributed by atoms with E-state index in [1.54, 1.807) is 25.1 Å². The van der Waals surface area contributed by atoms with Gasteiger partial charge >= 0.3 is 5.97 Å². The first-order valence-electron chi connectivity index (χ1n) is 6.48. The zero-order valence-corrected chi connectivity index (χ0v) is 13.3. The van der Waals surface area contributed by atoms with Gasteiger partial charge in [0.2, 0.25) is 0 Å². The molecule has 0 fully saturated rings. The van der Waals surface area contributed by atoms with E-state index < -0.39 is 16.0 Å². The Kier molecular flexibility index (Phi) is 5.05.